The van der Waals surface area contributed by atoms with Crippen LogP contribution in [0, 0.1) is 4.91 Å². The van der Waals surface area contributed by atoms with Crippen LogP contribution in [0.15, 0.2) is 34.3 Å². The molecule has 0 aromatic heterocycles. The van der Waals surface area contributed by atoms with Crippen molar-refractivity contribution in [1.82, 2.24) is 5.32 Å². The Labute approximate surface area is 103 Å². The number of hydrogen-bond acceptors (Lipinski definition) is 5. The van der Waals surface area contributed by atoms with E-state index in [2.05, 4.69) is 10.5 Å². The Morgan fingerprint density at radius 1 is 1.41 bits per heavy atom. The van der Waals surface area contributed by atoms with Crippen molar-refractivity contribution in [3.63, 3.8) is 0 Å². The van der Waals surface area contributed by atoms with Crippen LogP contribution in [0.25, 0.3) is 0 Å². The maximum Gasteiger partial charge on any atom is 0.404 e. The summed E-state index contributed by atoms with van der Waals surface area (Å²) in [5, 5.41) is 13.3. The van der Waals surface area contributed by atoms with Crippen LogP contribution in [0.3, 0.4) is 0 Å². The van der Waals surface area contributed by atoms with Crippen LogP contribution in [0.1, 0.15) is 6.42 Å². The Bertz CT molecular complexity index is 369. The van der Waals surface area contributed by atoms with E-state index >= 15 is 0 Å². The number of rotatable bonds is 7. The van der Waals surface area contributed by atoms with Crippen molar-refractivity contribution >= 4 is 23.8 Å². The van der Waals surface area contributed by atoms with Crippen LogP contribution >= 0.6 is 12.0 Å². The Kier molecular flexibility index (Phi) is 6.05. The van der Waals surface area contributed by atoms with E-state index in [9.17, 15) is 9.70 Å². The molecule has 2 N–H and O–H groups in total. The largest absolute Gasteiger partial charge is 0.465 e. The molecule has 7 heteroatoms. The van der Waals surface area contributed by atoms with Gasteiger partial charge in [0.15, 0.2) is 0 Å². The van der Waals surface area contributed by atoms with Gasteiger partial charge in [-0.3, -0.25) is 0 Å². The Balaban J connectivity index is 2.13. The van der Waals surface area contributed by atoms with E-state index in [1.54, 1.807) is 24.3 Å². The summed E-state index contributed by atoms with van der Waals surface area (Å²) in [6, 6.07) is 6.67. The van der Waals surface area contributed by atoms with Gasteiger partial charge in [-0.2, -0.15) is 0 Å². The summed E-state index contributed by atoms with van der Waals surface area (Å²) >= 11 is 1.18. The highest BCUT2D eigenvalue weighted by molar-refractivity contribution is 7.94. The standard InChI is InChI=1S/C10H12N2O4S/c13-10(14)11-6-1-7-16-17-9-4-2-8(12-15)3-5-9/h2-5,11H,1,6-7H2,(H,13,14). The van der Waals surface area contributed by atoms with Gasteiger partial charge < -0.3 is 14.6 Å². The predicted molar refractivity (Wildman–Crippen MR) is 64.4 cm³/mol. The minimum atomic E-state index is -1.03. The van der Waals surface area contributed by atoms with Crippen LogP contribution in [0.2, 0.25) is 0 Å². The number of carboxylic acid groups (broad SMARTS) is 1. The number of nitroso groups, excluding NO2 is 1. The monoisotopic (exact) mass is 256 g/mol. The first-order valence-corrected chi connectivity index (χ1v) is 5.66. The van der Waals surface area contributed by atoms with E-state index in [1.165, 1.54) is 12.0 Å². The highest BCUT2D eigenvalue weighted by Crippen LogP contribution is 2.22. The minimum absolute atomic E-state index is 0.365. The van der Waals surface area contributed by atoms with Gasteiger partial charge in [0.2, 0.25) is 0 Å². The summed E-state index contributed by atoms with van der Waals surface area (Å²) in [5.41, 5.74) is 0.375. The summed E-state index contributed by atoms with van der Waals surface area (Å²) < 4.78 is 5.25. The lowest BCUT2D eigenvalue weighted by Crippen LogP contribution is -2.22. The Morgan fingerprint density at radius 3 is 2.71 bits per heavy atom. The van der Waals surface area contributed by atoms with Gasteiger partial charge in [0.25, 0.3) is 0 Å². The summed E-state index contributed by atoms with van der Waals surface area (Å²) in [4.78, 5) is 21.1. The zero-order chi connectivity index (χ0) is 12.5. The molecule has 0 fully saturated rings. The maximum absolute atomic E-state index is 10.2. The fraction of sp³-hybridized carbons (Fsp3) is 0.300. The lowest BCUT2D eigenvalue weighted by Gasteiger charge is -2.03. The molecule has 92 valence electrons. The molecular weight excluding hydrogens is 244 g/mol. The smallest absolute Gasteiger partial charge is 0.404 e. The quantitative estimate of drug-likeness (QED) is 0.445. The van der Waals surface area contributed by atoms with E-state index in [4.69, 9.17) is 9.29 Å². The van der Waals surface area contributed by atoms with Crippen molar-refractivity contribution in [2.75, 3.05) is 13.2 Å². The predicted octanol–water partition coefficient (Wildman–Crippen LogP) is 2.77. The average molecular weight is 256 g/mol. The molecule has 0 unspecified atom stereocenters. The fourth-order valence-electron chi connectivity index (χ4n) is 0.999. The van der Waals surface area contributed by atoms with Crippen molar-refractivity contribution in [1.29, 1.82) is 0 Å². The van der Waals surface area contributed by atoms with Crippen molar-refractivity contribution < 1.29 is 14.1 Å². The molecule has 1 aromatic carbocycles. The van der Waals surface area contributed by atoms with Crippen LogP contribution in [0.4, 0.5) is 10.5 Å². The van der Waals surface area contributed by atoms with E-state index < -0.39 is 6.09 Å². The lowest BCUT2D eigenvalue weighted by atomic mass is 10.3. The Morgan fingerprint density at radius 2 is 2.12 bits per heavy atom. The van der Waals surface area contributed by atoms with E-state index in [1.807, 2.05) is 0 Å². The zero-order valence-corrected chi connectivity index (χ0v) is 9.77. The van der Waals surface area contributed by atoms with Gasteiger partial charge in [-0.05, 0) is 35.9 Å². The summed E-state index contributed by atoms with van der Waals surface area (Å²) in [7, 11) is 0. The average Bonchev–Trinajstić information content (AvgIpc) is 2.34. The first kappa shape index (κ1) is 13.5. The molecule has 0 spiro atoms. The molecule has 1 aromatic rings. The zero-order valence-electron chi connectivity index (χ0n) is 8.96. The normalized spacial score (nSPS) is 9.88. The van der Waals surface area contributed by atoms with Crippen LogP contribution in [-0.2, 0) is 4.18 Å². The number of hydrogen-bond donors (Lipinski definition) is 2. The molecule has 0 aliphatic heterocycles. The van der Waals surface area contributed by atoms with Crippen molar-refractivity contribution in [3.8, 4) is 0 Å². The lowest BCUT2D eigenvalue weighted by molar-refractivity contribution is 0.193. The van der Waals surface area contributed by atoms with Crippen LogP contribution in [-0.4, -0.2) is 24.4 Å². The topological polar surface area (TPSA) is 88.0 Å². The first-order chi connectivity index (χ1) is 8.22. The number of carbonyl (C=O) groups is 1. The van der Waals surface area contributed by atoms with Gasteiger partial charge in [-0.25, -0.2) is 4.79 Å². The van der Waals surface area contributed by atoms with Crippen LogP contribution in [0.5, 0.6) is 0 Å². The third-order valence-electron chi connectivity index (χ3n) is 1.78. The molecule has 0 atom stereocenters. The molecule has 1 rings (SSSR count). The molecule has 0 radical (unpaired) electrons. The summed E-state index contributed by atoms with van der Waals surface area (Å²) in [6.45, 7) is 0.808. The van der Waals surface area contributed by atoms with E-state index in [0.717, 1.165) is 4.90 Å². The number of nitrogens with zero attached hydrogens (tertiary/aromatic N) is 1. The minimum Gasteiger partial charge on any atom is -0.465 e. The molecule has 1 amide bonds. The van der Waals surface area contributed by atoms with Gasteiger partial charge in [0.1, 0.15) is 5.69 Å². The number of nitrogens with one attached hydrogen (secondary N) is 1. The highest BCUT2D eigenvalue weighted by atomic mass is 32.2. The Hall–Kier alpha value is -1.60. The molecule has 6 nitrogen and oxygen atoms in total. The molecule has 0 saturated heterocycles. The van der Waals surface area contributed by atoms with Crippen molar-refractivity contribution in [3.05, 3.63) is 29.2 Å². The second-order valence-corrected chi connectivity index (χ2v) is 3.95. The third kappa shape index (κ3) is 5.88. The second-order valence-electron chi connectivity index (χ2n) is 3.08. The highest BCUT2D eigenvalue weighted by Gasteiger charge is 1.97. The van der Waals surface area contributed by atoms with Gasteiger partial charge in [-0.15, -0.1) is 4.91 Å². The van der Waals surface area contributed by atoms with E-state index in [-0.39, 0.29) is 0 Å². The summed E-state index contributed by atoms with van der Waals surface area (Å²) in [6.07, 6.45) is -0.428. The molecule has 0 saturated carbocycles. The van der Waals surface area contributed by atoms with Gasteiger partial charge in [0, 0.05) is 23.5 Å². The van der Waals surface area contributed by atoms with Gasteiger partial charge in [0.05, 0.1) is 6.61 Å². The maximum atomic E-state index is 10.2. The molecule has 0 bridgehead atoms. The molecule has 17 heavy (non-hydrogen) atoms. The van der Waals surface area contributed by atoms with Crippen molar-refractivity contribution in [2.24, 2.45) is 5.18 Å². The number of amides is 1. The SMILES string of the molecule is O=Nc1ccc(SOCCCNC(=O)O)cc1. The third-order valence-corrected chi connectivity index (χ3v) is 2.53. The number of benzene rings is 1. The van der Waals surface area contributed by atoms with Crippen LogP contribution < -0.4 is 5.32 Å². The molecule has 0 heterocycles. The molecular formula is C10H12N2O4S. The van der Waals surface area contributed by atoms with Crippen molar-refractivity contribution in [2.45, 2.75) is 11.3 Å². The molecule has 0 aliphatic rings. The summed E-state index contributed by atoms with van der Waals surface area (Å²) in [5.74, 6) is 0. The fourth-order valence-corrected chi connectivity index (χ4v) is 1.58. The van der Waals surface area contributed by atoms with Gasteiger partial charge in [-0.1, -0.05) is 0 Å². The molecule has 0 aliphatic carbocycles. The van der Waals surface area contributed by atoms with Gasteiger partial charge >= 0.3 is 6.09 Å². The first-order valence-electron chi connectivity index (χ1n) is 4.92. The second kappa shape index (κ2) is 7.64. The van der Waals surface area contributed by atoms with E-state index in [0.29, 0.717) is 25.3 Å².